The van der Waals surface area contributed by atoms with Crippen LogP contribution in [0.15, 0.2) is 43.2 Å². The molecule has 0 bridgehead atoms. The van der Waals surface area contributed by atoms with Gasteiger partial charge in [0.15, 0.2) is 0 Å². The van der Waals surface area contributed by atoms with Gasteiger partial charge in [-0.25, -0.2) is 15.0 Å². The van der Waals surface area contributed by atoms with Gasteiger partial charge < -0.3 is 0 Å². The SMILES string of the molecule is O=C(NNc1ncnc(-n2ccnc2)c1[N+](=O)[O-])c1ccc(Cl)c([N+](=O)[O-])c1. The second kappa shape index (κ2) is 7.63. The van der Waals surface area contributed by atoms with Gasteiger partial charge in [0.1, 0.15) is 17.7 Å². The third-order valence-electron chi connectivity index (χ3n) is 3.43. The summed E-state index contributed by atoms with van der Waals surface area (Å²) >= 11 is 5.70. The molecule has 0 saturated heterocycles. The van der Waals surface area contributed by atoms with E-state index in [1.165, 1.54) is 35.4 Å². The molecule has 3 aromatic rings. The molecule has 1 aromatic carbocycles. The quantitative estimate of drug-likeness (QED) is 0.459. The Morgan fingerprint density at radius 1 is 1.18 bits per heavy atom. The number of hydrazine groups is 1. The van der Waals surface area contributed by atoms with Gasteiger partial charge in [-0.05, 0) is 12.1 Å². The zero-order valence-corrected chi connectivity index (χ0v) is 14.4. The predicted molar refractivity (Wildman–Crippen MR) is 95.0 cm³/mol. The van der Waals surface area contributed by atoms with Gasteiger partial charge in [0, 0.05) is 24.0 Å². The fraction of sp³-hybridized carbons (Fsp3) is 0. The van der Waals surface area contributed by atoms with E-state index in [0.717, 1.165) is 12.4 Å². The second-order valence-corrected chi connectivity index (χ2v) is 5.53. The molecule has 28 heavy (non-hydrogen) atoms. The molecule has 0 radical (unpaired) electrons. The first-order chi connectivity index (χ1) is 13.4. The number of benzene rings is 1. The van der Waals surface area contributed by atoms with E-state index in [2.05, 4.69) is 25.8 Å². The Balaban J connectivity index is 1.86. The maximum absolute atomic E-state index is 12.2. The number of halogens is 1. The first-order valence-corrected chi connectivity index (χ1v) is 7.74. The van der Waals surface area contributed by atoms with Crippen molar-refractivity contribution in [1.82, 2.24) is 24.9 Å². The van der Waals surface area contributed by atoms with Crippen LogP contribution in [0.4, 0.5) is 17.2 Å². The Kier molecular flexibility index (Phi) is 5.08. The minimum absolute atomic E-state index is 0.0728. The molecule has 142 valence electrons. The first-order valence-electron chi connectivity index (χ1n) is 7.36. The number of imidazole rings is 1. The van der Waals surface area contributed by atoms with Crippen LogP contribution in [0.3, 0.4) is 0 Å². The number of nitrogens with zero attached hydrogens (tertiary/aromatic N) is 6. The highest BCUT2D eigenvalue weighted by molar-refractivity contribution is 6.32. The summed E-state index contributed by atoms with van der Waals surface area (Å²) in [5.41, 5.74) is 3.47. The molecular weight excluding hydrogens is 396 g/mol. The van der Waals surface area contributed by atoms with Gasteiger partial charge in [0.2, 0.25) is 11.6 Å². The van der Waals surface area contributed by atoms with Crippen LogP contribution < -0.4 is 10.9 Å². The molecule has 14 heteroatoms. The van der Waals surface area contributed by atoms with Crippen molar-refractivity contribution in [2.75, 3.05) is 5.43 Å². The van der Waals surface area contributed by atoms with Crippen molar-refractivity contribution in [3.63, 3.8) is 0 Å². The summed E-state index contributed by atoms with van der Waals surface area (Å²) in [7, 11) is 0. The number of aromatic nitrogens is 4. The lowest BCUT2D eigenvalue weighted by Crippen LogP contribution is -2.30. The molecule has 0 unspecified atom stereocenters. The van der Waals surface area contributed by atoms with Crippen LogP contribution in [-0.2, 0) is 0 Å². The summed E-state index contributed by atoms with van der Waals surface area (Å²) in [4.78, 5) is 44.6. The maximum atomic E-state index is 12.2. The molecule has 0 aliphatic rings. The molecule has 1 amide bonds. The van der Waals surface area contributed by atoms with E-state index < -0.39 is 27.1 Å². The van der Waals surface area contributed by atoms with Crippen LogP contribution in [0.2, 0.25) is 5.02 Å². The average molecular weight is 405 g/mol. The fourth-order valence-corrected chi connectivity index (χ4v) is 2.37. The minimum Gasteiger partial charge on any atom is -0.285 e. The van der Waals surface area contributed by atoms with Crippen molar-refractivity contribution in [3.05, 3.63) is 74.1 Å². The number of nitrogens with one attached hydrogen (secondary N) is 2. The van der Waals surface area contributed by atoms with Gasteiger partial charge in [0.05, 0.1) is 9.85 Å². The van der Waals surface area contributed by atoms with Gasteiger partial charge in [-0.15, -0.1) is 0 Å². The van der Waals surface area contributed by atoms with Crippen molar-refractivity contribution in [3.8, 4) is 5.82 Å². The molecule has 13 nitrogen and oxygen atoms in total. The molecule has 2 N–H and O–H groups in total. The summed E-state index contributed by atoms with van der Waals surface area (Å²) in [5, 5.41) is 22.2. The topological polar surface area (TPSA) is 171 Å². The average Bonchev–Trinajstić information content (AvgIpc) is 3.20. The zero-order chi connectivity index (χ0) is 20.3. The largest absolute Gasteiger partial charge is 0.355 e. The molecule has 0 saturated carbocycles. The van der Waals surface area contributed by atoms with Gasteiger partial charge in [-0.3, -0.25) is 40.4 Å². The van der Waals surface area contributed by atoms with E-state index in [4.69, 9.17) is 11.6 Å². The van der Waals surface area contributed by atoms with Crippen LogP contribution in [0.5, 0.6) is 0 Å². The lowest BCUT2D eigenvalue weighted by Gasteiger charge is -2.10. The molecule has 0 aliphatic heterocycles. The second-order valence-electron chi connectivity index (χ2n) is 5.12. The molecular formula is C14H9ClN8O5. The molecule has 2 heterocycles. The van der Waals surface area contributed by atoms with Crippen molar-refractivity contribution < 1.29 is 14.6 Å². The van der Waals surface area contributed by atoms with E-state index in [9.17, 15) is 25.0 Å². The van der Waals surface area contributed by atoms with Crippen LogP contribution in [0.25, 0.3) is 5.82 Å². The summed E-state index contributed by atoms with van der Waals surface area (Å²) < 4.78 is 1.30. The summed E-state index contributed by atoms with van der Waals surface area (Å²) in [5.74, 6) is -1.16. The molecule has 0 spiro atoms. The minimum atomic E-state index is -0.795. The van der Waals surface area contributed by atoms with Gasteiger partial charge in [-0.2, -0.15) is 0 Å². The molecule has 0 atom stereocenters. The normalized spacial score (nSPS) is 10.3. The zero-order valence-electron chi connectivity index (χ0n) is 13.6. The van der Waals surface area contributed by atoms with Gasteiger partial charge >= 0.3 is 5.69 Å². The number of nitro benzene ring substituents is 1. The van der Waals surface area contributed by atoms with Crippen LogP contribution in [0.1, 0.15) is 10.4 Å². The fourth-order valence-electron chi connectivity index (χ4n) is 2.18. The highest BCUT2D eigenvalue weighted by atomic mass is 35.5. The number of carbonyl (C=O) groups excluding carboxylic acids is 1. The van der Waals surface area contributed by atoms with E-state index >= 15 is 0 Å². The Labute approximate surface area is 160 Å². The monoisotopic (exact) mass is 404 g/mol. The number of anilines is 1. The molecule has 2 aromatic heterocycles. The first kappa shape index (κ1) is 18.7. The Morgan fingerprint density at radius 2 is 1.96 bits per heavy atom. The van der Waals surface area contributed by atoms with Crippen LogP contribution in [-0.4, -0.2) is 35.3 Å². The lowest BCUT2D eigenvalue weighted by atomic mass is 10.2. The van der Waals surface area contributed by atoms with E-state index in [-0.39, 0.29) is 22.2 Å². The van der Waals surface area contributed by atoms with Crippen molar-refractivity contribution in [1.29, 1.82) is 0 Å². The molecule has 3 rings (SSSR count). The van der Waals surface area contributed by atoms with Crippen molar-refractivity contribution >= 4 is 34.7 Å². The Bertz CT molecular complexity index is 1070. The summed E-state index contributed by atoms with van der Waals surface area (Å²) in [6.07, 6.45) is 5.23. The number of rotatable bonds is 6. The number of hydrogen-bond acceptors (Lipinski definition) is 9. The third kappa shape index (κ3) is 3.68. The summed E-state index contributed by atoms with van der Waals surface area (Å²) in [6, 6.07) is 3.43. The highest BCUT2D eigenvalue weighted by Gasteiger charge is 2.25. The predicted octanol–water partition coefficient (Wildman–Crippen LogP) is 1.89. The number of carbonyl (C=O) groups is 1. The van der Waals surface area contributed by atoms with Crippen LogP contribution >= 0.6 is 11.6 Å². The molecule has 0 aliphatic carbocycles. The third-order valence-corrected chi connectivity index (χ3v) is 3.75. The summed E-state index contributed by atoms with van der Waals surface area (Å²) in [6.45, 7) is 0. The van der Waals surface area contributed by atoms with E-state index in [1.807, 2.05) is 0 Å². The smallest absolute Gasteiger partial charge is 0.285 e. The Morgan fingerprint density at radius 3 is 2.61 bits per heavy atom. The standard InChI is InChI=1S/C14H9ClN8O5/c15-9-2-1-8(5-10(9)22(25)26)14(24)20-19-12-11(23(27)28)13(18-6-17-12)21-4-3-16-7-21/h1-7H,(H,20,24)(H,17,18,19). The number of hydrogen-bond donors (Lipinski definition) is 2. The lowest BCUT2D eigenvalue weighted by molar-refractivity contribution is -0.384. The van der Waals surface area contributed by atoms with E-state index in [0.29, 0.717) is 0 Å². The number of amides is 1. The molecule has 0 fully saturated rings. The number of nitro groups is 2. The van der Waals surface area contributed by atoms with Crippen molar-refractivity contribution in [2.45, 2.75) is 0 Å². The highest BCUT2D eigenvalue weighted by Crippen LogP contribution is 2.27. The van der Waals surface area contributed by atoms with Gasteiger partial charge in [0.25, 0.3) is 11.6 Å². The van der Waals surface area contributed by atoms with E-state index in [1.54, 1.807) is 0 Å². The van der Waals surface area contributed by atoms with Crippen LogP contribution in [0, 0.1) is 20.2 Å². The Hall–Kier alpha value is -4.13. The maximum Gasteiger partial charge on any atom is 0.355 e. The van der Waals surface area contributed by atoms with Crippen molar-refractivity contribution in [2.24, 2.45) is 0 Å². The van der Waals surface area contributed by atoms with Gasteiger partial charge in [-0.1, -0.05) is 11.6 Å².